The Hall–Kier alpha value is -0.640. The summed E-state index contributed by atoms with van der Waals surface area (Å²) >= 11 is 0. The van der Waals surface area contributed by atoms with E-state index < -0.39 is 5.60 Å². The van der Waals surface area contributed by atoms with Crippen molar-refractivity contribution in [1.29, 1.82) is 0 Å². The average molecular weight is 270 g/mol. The van der Waals surface area contributed by atoms with Crippen molar-refractivity contribution >= 4 is 0 Å². The van der Waals surface area contributed by atoms with Gasteiger partial charge in [-0.2, -0.15) is 0 Å². The highest BCUT2D eigenvalue weighted by Gasteiger charge is 2.17. The highest BCUT2D eigenvalue weighted by atomic mass is 16.7. The van der Waals surface area contributed by atoms with Crippen molar-refractivity contribution in [2.45, 2.75) is 66.3 Å². The second-order valence-electron chi connectivity index (χ2n) is 6.01. The molecule has 112 valence electrons. The van der Waals surface area contributed by atoms with E-state index in [1.807, 2.05) is 39.8 Å². The quantitative estimate of drug-likeness (QED) is 0.511. The molecular weight excluding hydrogens is 240 g/mol. The summed E-state index contributed by atoms with van der Waals surface area (Å²) in [4.78, 5) is 0. The molecule has 0 aliphatic carbocycles. The van der Waals surface area contributed by atoms with Crippen LogP contribution in [-0.4, -0.2) is 30.2 Å². The summed E-state index contributed by atoms with van der Waals surface area (Å²) < 4.78 is 11.4. The van der Waals surface area contributed by atoms with Gasteiger partial charge in [-0.25, -0.2) is 0 Å². The molecule has 0 heterocycles. The van der Waals surface area contributed by atoms with E-state index in [-0.39, 0.29) is 6.29 Å². The molecule has 0 atom stereocenters. The molecule has 0 unspecified atom stereocenters. The fourth-order valence-electron chi connectivity index (χ4n) is 1.33. The first kappa shape index (κ1) is 18.4. The Labute approximate surface area is 118 Å². The van der Waals surface area contributed by atoms with Crippen LogP contribution in [0.2, 0.25) is 0 Å². The van der Waals surface area contributed by atoms with Gasteiger partial charge >= 0.3 is 0 Å². The number of aliphatic hydroxyl groups is 1. The van der Waals surface area contributed by atoms with Gasteiger partial charge < -0.3 is 14.6 Å². The predicted octanol–water partition coefficient (Wildman–Crippen LogP) is 3.83. The van der Waals surface area contributed by atoms with Crippen LogP contribution in [0.1, 0.15) is 54.4 Å². The number of rotatable bonds is 9. The number of ether oxygens (including phenoxy) is 2. The maximum Gasteiger partial charge on any atom is 0.158 e. The van der Waals surface area contributed by atoms with Crippen molar-refractivity contribution in [3.63, 3.8) is 0 Å². The second-order valence-corrected chi connectivity index (χ2v) is 6.01. The van der Waals surface area contributed by atoms with Gasteiger partial charge in [0.1, 0.15) is 0 Å². The van der Waals surface area contributed by atoms with Gasteiger partial charge in [0.05, 0.1) is 18.8 Å². The zero-order valence-electron chi connectivity index (χ0n) is 13.3. The number of hydrogen-bond acceptors (Lipinski definition) is 3. The maximum atomic E-state index is 9.76. The molecule has 0 rings (SSSR count). The SMILES string of the molecule is CC(C)=CCOC(CCC(C)(C)O)OCC=C(C)C. The molecule has 0 saturated heterocycles. The highest BCUT2D eigenvalue weighted by Crippen LogP contribution is 2.15. The third kappa shape index (κ3) is 13.6. The molecule has 0 aliphatic rings. The molecule has 0 aromatic carbocycles. The Bertz CT molecular complexity index is 268. The zero-order valence-corrected chi connectivity index (χ0v) is 13.3. The third-order valence-corrected chi connectivity index (χ3v) is 2.54. The van der Waals surface area contributed by atoms with E-state index in [1.165, 1.54) is 11.1 Å². The second kappa shape index (κ2) is 9.29. The van der Waals surface area contributed by atoms with E-state index in [4.69, 9.17) is 9.47 Å². The third-order valence-electron chi connectivity index (χ3n) is 2.54. The van der Waals surface area contributed by atoms with Crippen LogP contribution in [0.25, 0.3) is 0 Å². The topological polar surface area (TPSA) is 38.7 Å². The monoisotopic (exact) mass is 270 g/mol. The number of hydrogen-bond donors (Lipinski definition) is 1. The van der Waals surface area contributed by atoms with E-state index in [2.05, 4.69) is 0 Å². The zero-order chi connectivity index (χ0) is 14.9. The van der Waals surface area contributed by atoms with E-state index >= 15 is 0 Å². The fourth-order valence-corrected chi connectivity index (χ4v) is 1.33. The van der Waals surface area contributed by atoms with Crippen LogP contribution in [0, 0.1) is 0 Å². The van der Waals surface area contributed by atoms with Gasteiger partial charge in [-0.1, -0.05) is 23.3 Å². The van der Waals surface area contributed by atoms with Gasteiger partial charge in [0.15, 0.2) is 6.29 Å². The standard InChI is InChI=1S/C16H30O3/c1-13(2)8-11-18-15(7-10-16(5,6)17)19-12-9-14(3)4/h8-9,15,17H,7,10-12H2,1-6H3. The highest BCUT2D eigenvalue weighted by molar-refractivity contribution is 4.93. The smallest absolute Gasteiger partial charge is 0.158 e. The summed E-state index contributed by atoms with van der Waals surface area (Å²) in [7, 11) is 0. The molecule has 1 N–H and O–H groups in total. The minimum Gasteiger partial charge on any atom is -0.390 e. The molecule has 0 aliphatic heterocycles. The van der Waals surface area contributed by atoms with Crippen molar-refractivity contribution < 1.29 is 14.6 Å². The summed E-state index contributed by atoms with van der Waals surface area (Å²) in [5.74, 6) is 0. The van der Waals surface area contributed by atoms with Crippen molar-refractivity contribution in [3.8, 4) is 0 Å². The minimum atomic E-state index is -0.683. The van der Waals surface area contributed by atoms with Gasteiger partial charge in [-0.05, 0) is 48.0 Å². The summed E-state index contributed by atoms with van der Waals surface area (Å²) in [6.07, 6.45) is 5.14. The molecule has 0 spiro atoms. The van der Waals surface area contributed by atoms with E-state index in [0.29, 0.717) is 26.1 Å². The largest absolute Gasteiger partial charge is 0.390 e. The Kier molecular flexibility index (Phi) is 8.98. The first-order chi connectivity index (χ1) is 8.70. The lowest BCUT2D eigenvalue weighted by Gasteiger charge is -2.22. The lowest BCUT2D eigenvalue weighted by Crippen LogP contribution is -2.25. The summed E-state index contributed by atoms with van der Waals surface area (Å²) in [6, 6.07) is 0. The molecule has 19 heavy (non-hydrogen) atoms. The van der Waals surface area contributed by atoms with Crippen LogP contribution in [-0.2, 0) is 9.47 Å². The van der Waals surface area contributed by atoms with Crippen molar-refractivity contribution in [2.75, 3.05) is 13.2 Å². The van der Waals surface area contributed by atoms with Gasteiger partial charge in [0.25, 0.3) is 0 Å². The van der Waals surface area contributed by atoms with Crippen molar-refractivity contribution in [2.24, 2.45) is 0 Å². The van der Waals surface area contributed by atoms with E-state index in [9.17, 15) is 5.11 Å². The van der Waals surface area contributed by atoms with E-state index in [0.717, 1.165) is 0 Å². The first-order valence-electron chi connectivity index (χ1n) is 6.93. The van der Waals surface area contributed by atoms with Gasteiger partial charge in [0, 0.05) is 6.42 Å². The minimum absolute atomic E-state index is 0.266. The van der Waals surface area contributed by atoms with Gasteiger partial charge in [-0.3, -0.25) is 0 Å². The van der Waals surface area contributed by atoms with Crippen LogP contribution in [0.5, 0.6) is 0 Å². The summed E-state index contributed by atoms with van der Waals surface area (Å²) in [5, 5.41) is 9.76. The first-order valence-corrected chi connectivity index (χ1v) is 6.93. The molecule has 0 fully saturated rings. The normalized spacial score (nSPS) is 11.6. The molecule has 3 nitrogen and oxygen atoms in total. The Morgan fingerprint density at radius 2 is 1.42 bits per heavy atom. The molecule has 0 saturated carbocycles. The van der Waals surface area contributed by atoms with Gasteiger partial charge in [0.2, 0.25) is 0 Å². The van der Waals surface area contributed by atoms with Crippen molar-refractivity contribution in [1.82, 2.24) is 0 Å². The fraction of sp³-hybridized carbons (Fsp3) is 0.750. The molecule has 0 radical (unpaired) electrons. The Morgan fingerprint density at radius 1 is 1.00 bits per heavy atom. The molecule has 0 aromatic heterocycles. The molecule has 3 heteroatoms. The van der Waals surface area contributed by atoms with Crippen LogP contribution in [0.15, 0.2) is 23.3 Å². The lowest BCUT2D eigenvalue weighted by atomic mass is 10.0. The Balaban J connectivity index is 4.21. The molecular formula is C16H30O3. The van der Waals surface area contributed by atoms with Gasteiger partial charge in [-0.15, -0.1) is 0 Å². The van der Waals surface area contributed by atoms with E-state index in [1.54, 1.807) is 13.8 Å². The predicted molar refractivity (Wildman–Crippen MR) is 80.1 cm³/mol. The van der Waals surface area contributed by atoms with Crippen LogP contribution in [0.3, 0.4) is 0 Å². The van der Waals surface area contributed by atoms with Crippen LogP contribution in [0.4, 0.5) is 0 Å². The maximum absolute atomic E-state index is 9.76. The Morgan fingerprint density at radius 3 is 1.74 bits per heavy atom. The average Bonchev–Trinajstić information content (AvgIpc) is 2.23. The van der Waals surface area contributed by atoms with Crippen molar-refractivity contribution in [3.05, 3.63) is 23.3 Å². The molecule has 0 amide bonds. The lowest BCUT2D eigenvalue weighted by molar-refractivity contribution is -0.137. The summed E-state index contributed by atoms with van der Waals surface area (Å²) in [6.45, 7) is 12.9. The molecule has 0 bridgehead atoms. The number of allylic oxidation sites excluding steroid dienone is 2. The van der Waals surface area contributed by atoms with Crippen LogP contribution >= 0.6 is 0 Å². The summed E-state index contributed by atoms with van der Waals surface area (Å²) in [5.41, 5.74) is 1.77. The van der Waals surface area contributed by atoms with Crippen LogP contribution < -0.4 is 0 Å². The molecule has 0 aromatic rings.